The highest BCUT2D eigenvalue weighted by molar-refractivity contribution is 7.89. The molecule has 0 aliphatic carbocycles. The molecule has 0 spiro atoms. The van der Waals surface area contributed by atoms with Crippen molar-refractivity contribution in [3.05, 3.63) is 5.82 Å². The molecule has 90 valence electrons. The van der Waals surface area contributed by atoms with Gasteiger partial charge in [-0.05, 0) is 7.05 Å². The van der Waals surface area contributed by atoms with Gasteiger partial charge in [0.05, 0.1) is 5.75 Å². The van der Waals surface area contributed by atoms with Gasteiger partial charge in [-0.25, -0.2) is 13.1 Å². The van der Waals surface area contributed by atoms with Crippen LogP contribution in [0, 0.1) is 0 Å². The zero-order valence-corrected chi connectivity index (χ0v) is 9.34. The van der Waals surface area contributed by atoms with Gasteiger partial charge in [0.2, 0.25) is 21.8 Å². The minimum Gasteiger partial charge on any atom is -0.366 e. The van der Waals surface area contributed by atoms with Crippen molar-refractivity contribution < 1.29 is 13.2 Å². The highest BCUT2D eigenvalue weighted by Gasteiger charge is 2.12. The molecule has 5 N–H and O–H groups in total. The molecule has 0 saturated carbocycles. The van der Waals surface area contributed by atoms with Crippen molar-refractivity contribution in [3.8, 4) is 0 Å². The lowest BCUT2D eigenvalue weighted by molar-refractivity contribution is 0.0946. The number of carbonyl (C=O) groups is 1. The van der Waals surface area contributed by atoms with Crippen LogP contribution in [0.3, 0.4) is 0 Å². The third kappa shape index (κ3) is 3.47. The first-order valence-corrected chi connectivity index (χ1v) is 5.97. The first-order valence-electron chi connectivity index (χ1n) is 4.32. The van der Waals surface area contributed by atoms with Crippen molar-refractivity contribution >= 4 is 21.9 Å². The van der Waals surface area contributed by atoms with Crippen LogP contribution in [0.5, 0.6) is 0 Å². The Bertz CT molecular complexity index is 466. The molecule has 1 aromatic heterocycles. The summed E-state index contributed by atoms with van der Waals surface area (Å²) in [6, 6.07) is 0. The van der Waals surface area contributed by atoms with E-state index in [1.807, 2.05) is 0 Å². The molecule has 0 unspecified atom stereocenters. The minimum absolute atomic E-state index is 0.0252. The van der Waals surface area contributed by atoms with E-state index in [4.69, 9.17) is 5.73 Å². The summed E-state index contributed by atoms with van der Waals surface area (Å²) in [6.45, 7) is -0.0252. The quantitative estimate of drug-likeness (QED) is 0.460. The Kier molecular flexibility index (Phi) is 3.79. The van der Waals surface area contributed by atoms with Gasteiger partial charge in [0.1, 0.15) is 0 Å². The van der Waals surface area contributed by atoms with E-state index in [1.54, 1.807) is 0 Å². The Morgan fingerprint density at radius 3 is 2.75 bits per heavy atom. The van der Waals surface area contributed by atoms with E-state index in [0.29, 0.717) is 0 Å². The number of anilines is 1. The number of aromatic nitrogens is 3. The van der Waals surface area contributed by atoms with Crippen molar-refractivity contribution in [1.29, 1.82) is 0 Å². The average Bonchev–Trinajstić information content (AvgIpc) is 2.64. The fourth-order valence-electron chi connectivity index (χ4n) is 0.861. The van der Waals surface area contributed by atoms with Crippen LogP contribution >= 0.6 is 0 Å². The topological polar surface area (TPSA) is 143 Å². The molecule has 1 rings (SSSR count). The van der Waals surface area contributed by atoms with Crippen molar-refractivity contribution in [2.45, 2.75) is 0 Å². The summed E-state index contributed by atoms with van der Waals surface area (Å²) in [7, 11) is -2.03. The third-order valence-corrected chi connectivity index (χ3v) is 3.05. The van der Waals surface area contributed by atoms with E-state index >= 15 is 0 Å². The Labute approximate surface area is 91.9 Å². The van der Waals surface area contributed by atoms with Gasteiger partial charge in [0, 0.05) is 6.54 Å². The van der Waals surface area contributed by atoms with E-state index in [-0.39, 0.29) is 24.1 Å². The van der Waals surface area contributed by atoms with Gasteiger partial charge in [-0.15, -0.1) is 5.10 Å². The van der Waals surface area contributed by atoms with E-state index < -0.39 is 15.9 Å². The summed E-state index contributed by atoms with van der Waals surface area (Å²) in [5.41, 5.74) is 5.20. The third-order valence-electron chi connectivity index (χ3n) is 1.69. The summed E-state index contributed by atoms with van der Waals surface area (Å²) in [4.78, 5) is 14.9. The molecule has 0 aromatic carbocycles. The average molecular weight is 248 g/mol. The van der Waals surface area contributed by atoms with E-state index in [0.717, 1.165) is 0 Å². The normalized spacial score (nSPS) is 11.3. The molecular weight excluding hydrogens is 236 g/mol. The van der Waals surface area contributed by atoms with Crippen LogP contribution in [0.4, 0.5) is 5.95 Å². The number of hydrogen-bond donors (Lipinski definition) is 4. The molecule has 0 radical (unpaired) electrons. The zero-order valence-electron chi connectivity index (χ0n) is 8.52. The fourth-order valence-corrected chi connectivity index (χ4v) is 1.44. The maximum atomic E-state index is 11.3. The standard InChI is InChI=1S/C6H12N6O3S/c1-8-16(14,15)3-2-9-5(13)4-10-6(7)12-11-4/h8H,2-3H2,1H3,(H,9,13)(H3,7,10,11,12). The van der Waals surface area contributed by atoms with Gasteiger partial charge in [0.15, 0.2) is 0 Å². The van der Waals surface area contributed by atoms with Crippen molar-refractivity contribution in [2.24, 2.45) is 0 Å². The lowest BCUT2D eigenvalue weighted by atomic mass is 10.5. The number of hydrogen-bond acceptors (Lipinski definition) is 6. The highest BCUT2D eigenvalue weighted by atomic mass is 32.2. The second-order valence-corrected chi connectivity index (χ2v) is 4.87. The van der Waals surface area contributed by atoms with E-state index in [1.165, 1.54) is 7.05 Å². The summed E-state index contributed by atoms with van der Waals surface area (Å²) >= 11 is 0. The Morgan fingerprint density at radius 1 is 1.56 bits per heavy atom. The number of amides is 1. The molecule has 0 fully saturated rings. The molecule has 1 heterocycles. The lowest BCUT2D eigenvalue weighted by Crippen LogP contribution is -2.33. The van der Waals surface area contributed by atoms with Gasteiger partial charge in [-0.3, -0.25) is 9.89 Å². The number of nitrogens with zero attached hydrogens (tertiary/aromatic N) is 2. The van der Waals surface area contributed by atoms with Crippen molar-refractivity contribution in [2.75, 3.05) is 25.1 Å². The van der Waals surface area contributed by atoms with Crippen LogP contribution in [-0.2, 0) is 10.0 Å². The van der Waals surface area contributed by atoms with Crippen molar-refractivity contribution in [3.63, 3.8) is 0 Å². The molecule has 0 aliphatic rings. The molecule has 0 bridgehead atoms. The SMILES string of the molecule is CNS(=O)(=O)CCNC(=O)c1nc(N)n[nH]1. The fraction of sp³-hybridized carbons (Fsp3) is 0.500. The number of nitrogen functional groups attached to an aromatic ring is 1. The number of carbonyl (C=O) groups excluding carboxylic acids is 1. The van der Waals surface area contributed by atoms with Gasteiger partial charge in [-0.2, -0.15) is 4.98 Å². The number of sulfonamides is 1. The molecule has 0 atom stereocenters. The molecule has 9 nitrogen and oxygen atoms in total. The number of aromatic amines is 1. The first kappa shape index (κ1) is 12.4. The monoisotopic (exact) mass is 248 g/mol. The Morgan fingerprint density at radius 2 is 2.25 bits per heavy atom. The van der Waals surface area contributed by atoms with Crippen LogP contribution in [0.1, 0.15) is 10.6 Å². The van der Waals surface area contributed by atoms with E-state index in [2.05, 4.69) is 25.2 Å². The van der Waals surface area contributed by atoms with Crippen LogP contribution in [0.2, 0.25) is 0 Å². The predicted octanol–water partition coefficient (Wildman–Crippen LogP) is -2.33. The van der Waals surface area contributed by atoms with Gasteiger partial charge < -0.3 is 11.1 Å². The Hall–Kier alpha value is -1.68. The smallest absolute Gasteiger partial charge is 0.288 e. The molecule has 0 aliphatic heterocycles. The van der Waals surface area contributed by atoms with Crippen LogP contribution in [0.25, 0.3) is 0 Å². The number of rotatable bonds is 5. The molecule has 0 saturated heterocycles. The highest BCUT2D eigenvalue weighted by Crippen LogP contribution is 1.92. The molecular formula is C6H12N6O3S. The minimum atomic E-state index is -3.33. The molecule has 16 heavy (non-hydrogen) atoms. The summed E-state index contributed by atoms with van der Waals surface area (Å²) in [5, 5.41) is 8.12. The summed E-state index contributed by atoms with van der Waals surface area (Å²) in [6.07, 6.45) is 0. The second kappa shape index (κ2) is 4.90. The first-order chi connectivity index (χ1) is 7.44. The van der Waals surface area contributed by atoms with Crippen LogP contribution in [0.15, 0.2) is 0 Å². The maximum absolute atomic E-state index is 11.3. The largest absolute Gasteiger partial charge is 0.366 e. The van der Waals surface area contributed by atoms with E-state index in [9.17, 15) is 13.2 Å². The van der Waals surface area contributed by atoms with Gasteiger partial charge in [-0.1, -0.05) is 0 Å². The summed E-state index contributed by atoms with van der Waals surface area (Å²) < 4.78 is 24.1. The zero-order chi connectivity index (χ0) is 12.2. The van der Waals surface area contributed by atoms with Crippen molar-refractivity contribution in [1.82, 2.24) is 25.2 Å². The number of nitrogens with one attached hydrogen (secondary N) is 3. The Balaban J connectivity index is 2.43. The van der Waals surface area contributed by atoms with Crippen LogP contribution in [-0.4, -0.2) is 48.9 Å². The second-order valence-electron chi connectivity index (χ2n) is 2.82. The number of nitrogens with two attached hydrogens (primary N) is 1. The maximum Gasteiger partial charge on any atom is 0.288 e. The molecule has 1 aromatic rings. The van der Waals surface area contributed by atoms with Gasteiger partial charge >= 0.3 is 0 Å². The summed E-state index contributed by atoms with van der Waals surface area (Å²) in [5.74, 6) is -0.873. The van der Waals surface area contributed by atoms with Crippen LogP contribution < -0.4 is 15.8 Å². The van der Waals surface area contributed by atoms with Gasteiger partial charge in [0.25, 0.3) is 5.91 Å². The number of H-pyrrole nitrogens is 1. The predicted molar refractivity (Wildman–Crippen MR) is 56.0 cm³/mol. The molecule has 1 amide bonds. The molecule has 10 heteroatoms. The lowest BCUT2D eigenvalue weighted by Gasteiger charge is -2.03.